The van der Waals surface area contributed by atoms with Gasteiger partial charge in [0.15, 0.2) is 0 Å². The summed E-state index contributed by atoms with van der Waals surface area (Å²) in [7, 11) is 1.14. The quantitative estimate of drug-likeness (QED) is 0.309. The van der Waals surface area contributed by atoms with Gasteiger partial charge in [0.05, 0.1) is 24.8 Å². The molecule has 10 heteroatoms. The molecule has 1 amide bonds. The van der Waals surface area contributed by atoms with Gasteiger partial charge in [-0.05, 0) is 91.5 Å². The highest BCUT2D eigenvalue weighted by Gasteiger charge is 2.37. The Bertz CT molecular complexity index is 1140. The van der Waals surface area contributed by atoms with Crippen molar-refractivity contribution in [1.82, 2.24) is 4.90 Å². The van der Waals surface area contributed by atoms with E-state index in [0.717, 1.165) is 69.1 Å². The molecule has 0 bridgehead atoms. The Morgan fingerprint density at radius 3 is 2.00 bits per heavy atom. The average molecular weight is 557 g/mol. The Balaban J connectivity index is 1.70. The summed E-state index contributed by atoms with van der Waals surface area (Å²) >= 11 is 0. The van der Waals surface area contributed by atoms with Crippen LogP contribution >= 0.6 is 0 Å². The van der Waals surface area contributed by atoms with Crippen molar-refractivity contribution in [2.45, 2.75) is 77.3 Å². The maximum Gasteiger partial charge on any atom is 0.416 e. The summed E-state index contributed by atoms with van der Waals surface area (Å²) < 4.78 is 85.6. The lowest BCUT2D eigenvalue weighted by Crippen LogP contribution is -2.33. The maximum absolute atomic E-state index is 13.4. The van der Waals surface area contributed by atoms with E-state index in [4.69, 9.17) is 4.74 Å². The van der Waals surface area contributed by atoms with Crippen molar-refractivity contribution in [2.75, 3.05) is 25.1 Å². The number of carbonyl (C=O) groups excluding carboxylic acids is 1. The number of ether oxygens (including phenoxy) is 1. The van der Waals surface area contributed by atoms with Crippen LogP contribution < -0.4 is 4.90 Å². The van der Waals surface area contributed by atoms with Crippen molar-refractivity contribution >= 4 is 11.8 Å². The predicted molar refractivity (Wildman–Crippen MR) is 136 cm³/mol. The number of carbonyl (C=O) groups is 1. The van der Waals surface area contributed by atoms with E-state index in [1.807, 2.05) is 6.07 Å². The minimum absolute atomic E-state index is 0.00590. The molecule has 214 valence electrons. The van der Waals surface area contributed by atoms with Gasteiger partial charge in [-0.3, -0.25) is 4.90 Å². The zero-order valence-corrected chi connectivity index (χ0v) is 22.2. The number of hydrogen-bond acceptors (Lipinski definition) is 3. The van der Waals surface area contributed by atoms with Crippen molar-refractivity contribution in [1.29, 1.82) is 0 Å². The van der Waals surface area contributed by atoms with E-state index in [0.29, 0.717) is 18.1 Å². The van der Waals surface area contributed by atoms with Crippen LogP contribution in [0.15, 0.2) is 30.3 Å². The summed E-state index contributed by atoms with van der Waals surface area (Å²) in [6.07, 6.45) is -3.21. The predicted octanol–water partition coefficient (Wildman–Crippen LogP) is 8.00. The number of rotatable bonds is 8. The van der Waals surface area contributed by atoms with Crippen LogP contribution in [-0.2, 0) is 43.0 Å². The molecule has 0 atom stereocenters. The molecule has 0 radical (unpaired) electrons. The number of nitrogens with zero attached hydrogens (tertiary/aromatic N) is 2. The average Bonchev–Trinajstić information content (AvgIpc) is 3.56. The lowest BCUT2D eigenvalue weighted by Gasteiger charge is -2.31. The first kappa shape index (κ1) is 29.1. The van der Waals surface area contributed by atoms with E-state index in [1.54, 1.807) is 0 Å². The van der Waals surface area contributed by atoms with Crippen LogP contribution in [0.2, 0.25) is 0 Å². The highest BCUT2D eigenvalue weighted by atomic mass is 19.4. The largest absolute Gasteiger partial charge is 0.453 e. The minimum atomic E-state index is -4.97. The Kier molecular flexibility index (Phi) is 8.71. The third-order valence-electron chi connectivity index (χ3n) is 7.78. The topological polar surface area (TPSA) is 32.8 Å². The second-order valence-corrected chi connectivity index (χ2v) is 10.5. The molecule has 2 aromatic rings. The van der Waals surface area contributed by atoms with E-state index in [9.17, 15) is 31.1 Å². The van der Waals surface area contributed by atoms with E-state index in [-0.39, 0.29) is 18.2 Å². The molecule has 1 saturated carbocycles. The number of amides is 1. The molecule has 0 saturated heterocycles. The molecule has 1 fully saturated rings. The SMILES string of the molecule is CCN(CC1CCCC1)c1cc2c(cc1CN(Cc1cc(C(F)(F)F)cc(C(F)(F)F)c1)C(=O)OC)CCC2. The number of anilines is 1. The lowest BCUT2D eigenvalue weighted by atomic mass is 10.0. The normalized spacial score (nSPS) is 15.9. The van der Waals surface area contributed by atoms with Gasteiger partial charge < -0.3 is 9.64 Å². The molecule has 2 aromatic carbocycles. The minimum Gasteiger partial charge on any atom is -0.453 e. The van der Waals surface area contributed by atoms with Gasteiger partial charge in [0.1, 0.15) is 0 Å². The standard InChI is InChI=1S/C29H34F6N2O2/c1-3-36(16-19-7-4-5-8-19)26-14-22-10-6-9-21(22)13-23(26)18-37(27(38)39-2)17-20-11-24(28(30,31)32)15-25(12-20)29(33,34)35/h11-15,19H,3-10,16-18H2,1-2H3. The van der Waals surface area contributed by atoms with Crippen LogP contribution in [0.4, 0.5) is 36.8 Å². The summed E-state index contributed by atoms with van der Waals surface area (Å²) in [4.78, 5) is 16.2. The fourth-order valence-corrected chi connectivity index (χ4v) is 5.84. The Hall–Kier alpha value is -2.91. The lowest BCUT2D eigenvalue weighted by molar-refractivity contribution is -0.143. The molecule has 0 N–H and O–H groups in total. The van der Waals surface area contributed by atoms with Gasteiger partial charge in [0.25, 0.3) is 0 Å². The molecule has 4 rings (SSSR count). The van der Waals surface area contributed by atoms with Crippen LogP contribution in [0.25, 0.3) is 0 Å². The number of alkyl halides is 6. The summed E-state index contributed by atoms with van der Waals surface area (Å²) in [5, 5.41) is 0. The van der Waals surface area contributed by atoms with Gasteiger partial charge in [0.2, 0.25) is 0 Å². The third kappa shape index (κ3) is 7.00. The second-order valence-electron chi connectivity index (χ2n) is 10.5. The van der Waals surface area contributed by atoms with Gasteiger partial charge >= 0.3 is 18.4 Å². The van der Waals surface area contributed by atoms with Gasteiger partial charge in [-0.1, -0.05) is 18.9 Å². The van der Waals surface area contributed by atoms with Crippen molar-refractivity contribution in [3.63, 3.8) is 0 Å². The van der Waals surface area contributed by atoms with Gasteiger partial charge in [-0.2, -0.15) is 26.3 Å². The zero-order chi connectivity index (χ0) is 28.4. The van der Waals surface area contributed by atoms with Crippen LogP contribution in [0.5, 0.6) is 0 Å². The zero-order valence-electron chi connectivity index (χ0n) is 22.2. The first-order valence-corrected chi connectivity index (χ1v) is 13.4. The number of aryl methyl sites for hydroxylation is 2. The van der Waals surface area contributed by atoms with Crippen LogP contribution in [0.3, 0.4) is 0 Å². The molecule has 0 aromatic heterocycles. The summed E-state index contributed by atoms with van der Waals surface area (Å²) in [5.41, 5.74) is 1.07. The smallest absolute Gasteiger partial charge is 0.416 e. The van der Waals surface area contributed by atoms with Gasteiger partial charge in [-0.15, -0.1) is 0 Å². The molecule has 0 aliphatic heterocycles. The molecular formula is C29H34F6N2O2. The first-order valence-electron chi connectivity index (χ1n) is 13.4. The molecule has 0 spiro atoms. The second kappa shape index (κ2) is 11.7. The van der Waals surface area contributed by atoms with Crippen molar-refractivity contribution in [3.05, 3.63) is 63.7 Å². The number of hydrogen-bond donors (Lipinski definition) is 0. The molecule has 2 aliphatic rings. The Labute approximate surface area is 224 Å². The summed E-state index contributed by atoms with van der Waals surface area (Å²) in [6.45, 7) is 3.19. The van der Waals surface area contributed by atoms with Crippen LogP contribution in [-0.4, -0.2) is 31.2 Å². The fourth-order valence-electron chi connectivity index (χ4n) is 5.84. The number of benzene rings is 2. The number of methoxy groups -OCH3 is 1. The number of halogens is 6. The van der Waals surface area contributed by atoms with Crippen LogP contribution in [0.1, 0.15) is 72.4 Å². The van der Waals surface area contributed by atoms with E-state index in [1.165, 1.54) is 23.3 Å². The van der Waals surface area contributed by atoms with Crippen LogP contribution in [0, 0.1) is 5.92 Å². The molecule has 2 aliphatic carbocycles. The van der Waals surface area contributed by atoms with Gasteiger partial charge in [-0.25, -0.2) is 4.79 Å². The summed E-state index contributed by atoms with van der Waals surface area (Å²) in [6, 6.07) is 5.60. The van der Waals surface area contributed by atoms with E-state index in [2.05, 4.69) is 17.9 Å². The van der Waals surface area contributed by atoms with Gasteiger partial charge in [0, 0.05) is 25.3 Å². The van der Waals surface area contributed by atoms with Crippen molar-refractivity contribution in [2.24, 2.45) is 5.92 Å². The number of fused-ring (bicyclic) bond motifs is 1. The van der Waals surface area contributed by atoms with E-state index < -0.39 is 36.1 Å². The maximum atomic E-state index is 13.4. The Morgan fingerprint density at radius 1 is 0.872 bits per heavy atom. The van der Waals surface area contributed by atoms with Crippen molar-refractivity contribution < 1.29 is 35.9 Å². The molecule has 0 unspecified atom stereocenters. The molecule has 39 heavy (non-hydrogen) atoms. The van der Waals surface area contributed by atoms with E-state index >= 15 is 0 Å². The molecule has 4 nitrogen and oxygen atoms in total. The molecule has 0 heterocycles. The summed E-state index contributed by atoms with van der Waals surface area (Å²) in [5.74, 6) is 0.564. The Morgan fingerprint density at radius 2 is 1.46 bits per heavy atom. The first-order chi connectivity index (χ1) is 18.4. The van der Waals surface area contributed by atoms with Crippen molar-refractivity contribution in [3.8, 4) is 0 Å². The highest BCUT2D eigenvalue weighted by Crippen LogP contribution is 2.38. The molecular weight excluding hydrogens is 522 g/mol. The fraction of sp³-hybridized carbons (Fsp3) is 0.552. The monoisotopic (exact) mass is 556 g/mol. The highest BCUT2D eigenvalue weighted by molar-refractivity contribution is 5.68. The third-order valence-corrected chi connectivity index (χ3v) is 7.78.